The molecule has 2 rings (SSSR count). The van der Waals surface area contributed by atoms with Crippen LogP contribution in [-0.2, 0) is 4.74 Å². The minimum absolute atomic E-state index is 0.226. The Balaban J connectivity index is 2.35. The van der Waals surface area contributed by atoms with Gasteiger partial charge in [0.05, 0.1) is 12.2 Å². The van der Waals surface area contributed by atoms with E-state index in [0.29, 0.717) is 0 Å². The molecule has 1 aliphatic rings. The first-order chi connectivity index (χ1) is 6.33. The van der Waals surface area contributed by atoms with E-state index in [1.807, 2.05) is 6.08 Å². The Morgan fingerprint density at radius 2 is 2.08 bits per heavy atom. The van der Waals surface area contributed by atoms with Crippen LogP contribution in [0.4, 0.5) is 0 Å². The van der Waals surface area contributed by atoms with Gasteiger partial charge in [-0.2, -0.15) is 0 Å². The van der Waals surface area contributed by atoms with Crippen LogP contribution in [0.25, 0.3) is 0 Å². The maximum atomic E-state index is 5.80. The molecular weight excluding hydrogens is 160 g/mol. The highest BCUT2D eigenvalue weighted by Crippen LogP contribution is 2.40. The predicted molar refractivity (Wildman–Crippen MR) is 53.5 cm³/mol. The molecule has 0 spiro atoms. The van der Waals surface area contributed by atoms with Crippen LogP contribution in [-0.4, -0.2) is 0 Å². The summed E-state index contributed by atoms with van der Waals surface area (Å²) in [6.07, 6.45) is 3.28. The van der Waals surface area contributed by atoms with E-state index >= 15 is 0 Å². The molecule has 1 nitrogen and oxygen atoms in total. The predicted octanol–water partition coefficient (Wildman–Crippen LogP) is 3.40. The van der Waals surface area contributed by atoms with Crippen molar-refractivity contribution in [2.24, 2.45) is 0 Å². The normalized spacial score (nSPS) is 25.6. The highest BCUT2D eigenvalue weighted by molar-refractivity contribution is 5.34. The zero-order valence-electron chi connectivity index (χ0n) is 7.86. The number of hydrogen-bond acceptors (Lipinski definition) is 1. The van der Waals surface area contributed by atoms with E-state index in [2.05, 4.69) is 37.8 Å². The second kappa shape index (κ2) is 3.35. The van der Waals surface area contributed by atoms with Crippen LogP contribution in [0.1, 0.15) is 36.7 Å². The molecule has 13 heavy (non-hydrogen) atoms. The van der Waals surface area contributed by atoms with Crippen LogP contribution in [0.5, 0.6) is 0 Å². The molecule has 0 aliphatic carbocycles. The van der Waals surface area contributed by atoms with Crippen LogP contribution in [0, 0.1) is 0 Å². The molecule has 0 saturated carbocycles. The summed E-state index contributed by atoms with van der Waals surface area (Å²) in [4.78, 5) is 0. The van der Waals surface area contributed by atoms with E-state index in [-0.39, 0.29) is 12.2 Å². The average molecular weight is 174 g/mol. The molecule has 0 saturated heterocycles. The third-order valence-corrected chi connectivity index (χ3v) is 2.53. The van der Waals surface area contributed by atoms with Gasteiger partial charge in [0.25, 0.3) is 0 Å². The van der Waals surface area contributed by atoms with E-state index < -0.39 is 0 Å². The molecule has 1 heteroatoms. The number of ether oxygens (including phenoxy) is 1. The lowest BCUT2D eigenvalue weighted by Crippen LogP contribution is -1.94. The molecule has 0 N–H and O–H groups in total. The summed E-state index contributed by atoms with van der Waals surface area (Å²) >= 11 is 0. The number of rotatable bonds is 2. The first-order valence-electron chi connectivity index (χ1n) is 4.68. The largest absolute Gasteiger partial charge is 0.366 e. The summed E-state index contributed by atoms with van der Waals surface area (Å²) < 4.78 is 5.80. The summed E-state index contributed by atoms with van der Waals surface area (Å²) in [5.74, 6) is 0. The van der Waals surface area contributed by atoms with Crippen molar-refractivity contribution in [1.29, 1.82) is 0 Å². The van der Waals surface area contributed by atoms with Gasteiger partial charge in [0.1, 0.15) is 0 Å². The van der Waals surface area contributed by atoms with E-state index in [1.54, 1.807) is 0 Å². The molecule has 0 unspecified atom stereocenters. The molecule has 0 aromatic heterocycles. The molecule has 0 amide bonds. The van der Waals surface area contributed by atoms with E-state index in [1.165, 1.54) is 11.1 Å². The summed E-state index contributed by atoms with van der Waals surface area (Å²) in [6, 6.07) is 8.42. The Morgan fingerprint density at radius 1 is 1.38 bits per heavy atom. The summed E-state index contributed by atoms with van der Waals surface area (Å²) in [6.45, 7) is 5.84. The molecule has 1 heterocycles. The minimum Gasteiger partial charge on any atom is -0.366 e. The standard InChI is InChI=1S/C12H14O/c1-3-6-12-11-8-5-4-7-10(11)9(2)13-12/h3-5,7-9,12H,1,6H2,2H3/t9-,12-/m1/s1. The fourth-order valence-electron chi connectivity index (χ4n) is 1.90. The maximum Gasteiger partial charge on any atom is 0.0871 e. The molecule has 1 aliphatic heterocycles. The monoisotopic (exact) mass is 174 g/mol. The van der Waals surface area contributed by atoms with Crippen molar-refractivity contribution in [3.63, 3.8) is 0 Å². The van der Waals surface area contributed by atoms with Crippen molar-refractivity contribution < 1.29 is 4.74 Å². The molecule has 0 radical (unpaired) electrons. The highest BCUT2D eigenvalue weighted by atomic mass is 16.5. The molecule has 2 atom stereocenters. The van der Waals surface area contributed by atoms with Gasteiger partial charge in [-0.25, -0.2) is 0 Å². The Kier molecular flexibility index (Phi) is 2.19. The van der Waals surface area contributed by atoms with Crippen LogP contribution >= 0.6 is 0 Å². The van der Waals surface area contributed by atoms with Gasteiger partial charge in [-0.3, -0.25) is 0 Å². The topological polar surface area (TPSA) is 9.23 Å². The first-order valence-corrected chi connectivity index (χ1v) is 4.68. The van der Waals surface area contributed by atoms with Crippen LogP contribution in [0.15, 0.2) is 36.9 Å². The second-order valence-electron chi connectivity index (χ2n) is 3.42. The van der Waals surface area contributed by atoms with Gasteiger partial charge in [-0.05, 0) is 24.5 Å². The van der Waals surface area contributed by atoms with Crippen molar-refractivity contribution in [3.8, 4) is 0 Å². The molecule has 1 aromatic rings. The first kappa shape index (κ1) is 8.52. The lowest BCUT2D eigenvalue weighted by atomic mass is 10.0. The third-order valence-electron chi connectivity index (χ3n) is 2.53. The minimum atomic E-state index is 0.226. The van der Waals surface area contributed by atoms with Crippen LogP contribution in [0.2, 0.25) is 0 Å². The van der Waals surface area contributed by atoms with Crippen LogP contribution < -0.4 is 0 Å². The Bertz CT molecular complexity index is 317. The summed E-state index contributed by atoms with van der Waals surface area (Å²) in [5.41, 5.74) is 2.66. The zero-order valence-corrected chi connectivity index (χ0v) is 7.86. The maximum absolute atomic E-state index is 5.80. The van der Waals surface area contributed by atoms with Gasteiger partial charge in [0.15, 0.2) is 0 Å². The van der Waals surface area contributed by atoms with Gasteiger partial charge in [-0.1, -0.05) is 30.3 Å². The van der Waals surface area contributed by atoms with Crippen LogP contribution in [0.3, 0.4) is 0 Å². The fourth-order valence-corrected chi connectivity index (χ4v) is 1.90. The number of fused-ring (bicyclic) bond motifs is 1. The van der Waals surface area contributed by atoms with Gasteiger partial charge >= 0.3 is 0 Å². The smallest absolute Gasteiger partial charge is 0.0871 e. The van der Waals surface area contributed by atoms with E-state index in [4.69, 9.17) is 4.74 Å². The van der Waals surface area contributed by atoms with Gasteiger partial charge < -0.3 is 4.74 Å². The Morgan fingerprint density at radius 3 is 2.77 bits per heavy atom. The van der Waals surface area contributed by atoms with Crippen molar-refractivity contribution in [3.05, 3.63) is 48.0 Å². The SMILES string of the molecule is C=CC[C@H]1O[C@H](C)c2ccccc21. The highest BCUT2D eigenvalue weighted by Gasteiger charge is 2.26. The third kappa shape index (κ3) is 1.40. The lowest BCUT2D eigenvalue weighted by Gasteiger charge is -2.08. The van der Waals surface area contributed by atoms with Crippen molar-refractivity contribution in [2.45, 2.75) is 25.6 Å². The molecule has 0 bridgehead atoms. The quantitative estimate of drug-likeness (QED) is 0.624. The fraction of sp³-hybridized carbons (Fsp3) is 0.333. The van der Waals surface area contributed by atoms with Gasteiger partial charge in [0, 0.05) is 0 Å². The molecule has 0 fully saturated rings. The van der Waals surface area contributed by atoms with Crippen molar-refractivity contribution >= 4 is 0 Å². The van der Waals surface area contributed by atoms with Gasteiger partial charge in [0.2, 0.25) is 0 Å². The zero-order chi connectivity index (χ0) is 9.26. The number of hydrogen-bond donors (Lipinski definition) is 0. The molecular formula is C12H14O. The van der Waals surface area contributed by atoms with Crippen molar-refractivity contribution in [1.82, 2.24) is 0 Å². The van der Waals surface area contributed by atoms with E-state index in [9.17, 15) is 0 Å². The lowest BCUT2D eigenvalue weighted by molar-refractivity contribution is 0.0239. The Hall–Kier alpha value is -1.08. The van der Waals surface area contributed by atoms with Crippen molar-refractivity contribution in [2.75, 3.05) is 0 Å². The van der Waals surface area contributed by atoms with Gasteiger partial charge in [-0.15, -0.1) is 6.58 Å². The number of benzene rings is 1. The average Bonchev–Trinajstić information content (AvgIpc) is 2.46. The van der Waals surface area contributed by atoms with E-state index in [0.717, 1.165) is 6.42 Å². The summed E-state index contributed by atoms with van der Waals surface area (Å²) in [5, 5.41) is 0. The summed E-state index contributed by atoms with van der Waals surface area (Å²) in [7, 11) is 0. The molecule has 68 valence electrons. The Labute approximate surface area is 79.0 Å². The second-order valence-corrected chi connectivity index (χ2v) is 3.42. The molecule has 1 aromatic carbocycles.